The zero-order valence-corrected chi connectivity index (χ0v) is 9.08. The number of nitrogens with zero attached hydrogens (tertiary/aromatic N) is 1. The maximum absolute atomic E-state index is 11.6. The lowest BCUT2D eigenvalue weighted by molar-refractivity contribution is 0.424. The van der Waals surface area contributed by atoms with Gasteiger partial charge < -0.3 is 0 Å². The molecule has 1 aliphatic carbocycles. The van der Waals surface area contributed by atoms with Crippen molar-refractivity contribution in [2.24, 2.45) is 5.92 Å². The van der Waals surface area contributed by atoms with Crippen LogP contribution >= 0.6 is 0 Å². The van der Waals surface area contributed by atoms with Gasteiger partial charge in [0.25, 0.3) is 5.56 Å². The fourth-order valence-corrected chi connectivity index (χ4v) is 1.82. The SMILES string of the molecule is CC(C)c1cc(=O)n(C(C)C2CC2)[nH]1. The Hall–Kier alpha value is -0.990. The van der Waals surface area contributed by atoms with E-state index in [0.717, 1.165) is 5.69 Å². The standard InChI is InChI=1S/C11H18N2O/c1-7(2)10-6-11(14)13(12-10)8(3)9-4-5-9/h6-9,12H,4-5H2,1-3H3. The molecule has 1 atom stereocenters. The molecule has 1 fully saturated rings. The molecule has 0 spiro atoms. The molecule has 3 nitrogen and oxygen atoms in total. The van der Waals surface area contributed by atoms with E-state index in [4.69, 9.17) is 0 Å². The first kappa shape index (κ1) is 9.56. The predicted octanol–water partition coefficient (Wildman–Crippen LogP) is 2.27. The van der Waals surface area contributed by atoms with Crippen molar-refractivity contribution in [2.75, 3.05) is 0 Å². The first-order valence-electron chi connectivity index (χ1n) is 5.41. The highest BCUT2D eigenvalue weighted by molar-refractivity contribution is 5.05. The van der Waals surface area contributed by atoms with Gasteiger partial charge in [-0.15, -0.1) is 0 Å². The van der Waals surface area contributed by atoms with Crippen LogP contribution in [0.15, 0.2) is 10.9 Å². The van der Waals surface area contributed by atoms with Crippen LogP contribution in [-0.2, 0) is 0 Å². The van der Waals surface area contributed by atoms with E-state index in [1.807, 2.05) is 0 Å². The molecule has 0 bridgehead atoms. The minimum Gasteiger partial charge on any atom is -0.299 e. The van der Waals surface area contributed by atoms with Crippen LogP contribution in [0.4, 0.5) is 0 Å². The number of aromatic amines is 1. The first-order valence-corrected chi connectivity index (χ1v) is 5.41. The van der Waals surface area contributed by atoms with Crippen molar-refractivity contribution < 1.29 is 0 Å². The lowest BCUT2D eigenvalue weighted by Gasteiger charge is -2.11. The maximum atomic E-state index is 11.6. The van der Waals surface area contributed by atoms with E-state index in [-0.39, 0.29) is 5.56 Å². The second-order valence-corrected chi connectivity index (χ2v) is 4.65. The number of rotatable bonds is 3. The van der Waals surface area contributed by atoms with Crippen molar-refractivity contribution in [2.45, 2.75) is 45.6 Å². The predicted molar refractivity (Wildman–Crippen MR) is 56.6 cm³/mol. The van der Waals surface area contributed by atoms with E-state index in [1.54, 1.807) is 10.7 Å². The number of nitrogens with one attached hydrogen (secondary N) is 1. The largest absolute Gasteiger partial charge is 0.299 e. The molecule has 1 heterocycles. The average Bonchev–Trinajstić information content (AvgIpc) is 2.88. The van der Waals surface area contributed by atoms with Crippen LogP contribution in [0.2, 0.25) is 0 Å². The topological polar surface area (TPSA) is 37.8 Å². The summed E-state index contributed by atoms with van der Waals surface area (Å²) in [6, 6.07) is 2.07. The normalized spacial score (nSPS) is 18.9. The molecule has 0 aliphatic heterocycles. The van der Waals surface area contributed by atoms with Gasteiger partial charge in [-0.05, 0) is 31.6 Å². The third-order valence-corrected chi connectivity index (χ3v) is 3.10. The van der Waals surface area contributed by atoms with Gasteiger partial charge in [0.1, 0.15) is 0 Å². The van der Waals surface area contributed by atoms with Gasteiger partial charge >= 0.3 is 0 Å². The Kier molecular flexibility index (Phi) is 2.25. The Morgan fingerprint density at radius 2 is 2.07 bits per heavy atom. The molecule has 1 unspecified atom stereocenters. The minimum absolute atomic E-state index is 0.119. The molecule has 1 aromatic rings. The monoisotopic (exact) mass is 194 g/mol. The van der Waals surface area contributed by atoms with Crippen LogP contribution in [0, 0.1) is 5.92 Å². The Balaban J connectivity index is 2.28. The van der Waals surface area contributed by atoms with Crippen LogP contribution in [0.5, 0.6) is 0 Å². The summed E-state index contributed by atoms with van der Waals surface area (Å²) in [5, 5.41) is 3.21. The van der Waals surface area contributed by atoms with E-state index in [9.17, 15) is 4.79 Å². The third-order valence-electron chi connectivity index (χ3n) is 3.10. The summed E-state index contributed by atoms with van der Waals surface area (Å²) in [5.74, 6) is 1.11. The molecule has 3 heteroatoms. The van der Waals surface area contributed by atoms with E-state index in [0.29, 0.717) is 17.9 Å². The second kappa shape index (κ2) is 3.30. The van der Waals surface area contributed by atoms with Gasteiger partial charge in [0, 0.05) is 11.8 Å². The molecule has 0 saturated heterocycles. The van der Waals surface area contributed by atoms with Crippen molar-refractivity contribution >= 4 is 0 Å². The van der Waals surface area contributed by atoms with Gasteiger partial charge in [0.2, 0.25) is 0 Å². The second-order valence-electron chi connectivity index (χ2n) is 4.65. The molecule has 0 amide bonds. The van der Waals surface area contributed by atoms with Crippen LogP contribution in [0.3, 0.4) is 0 Å². The maximum Gasteiger partial charge on any atom is 0.266 e. The van der Waals surface area contributed by atoms with Gasteiger partial charge in [-0.25, -0.2) is 4.68 Å². The lowest BCUT2D eigenvalue weighted by atomic mass is 10.1. The van der Waals surface area contributed by atoms with Crippen molar-refractivity contribution in [3.63, 3.8) is 0 Å². The van der Waals surface area contributed by atoms with E-state index >= 15 is 0 Å². The van der Waals surface area contributed by atoms with Gasteiger partial charge in [-0.3, -0.25) is 9.89 Å². The summed E-state index contributed by atoms with van der Waals surface area (Å²) in [5.41, 5.74) is 1.16. The molecular formula is C11H18N2O. The Morgan fingerprint density at radius 1 is 1.43 bits per heavy atom. The van der Waals surface area contributed by atoms with Crippen LogP contribution in [0.1, 0.15) is 51.3 Å². The van der Waals surface area contributed by atoms with Gasteiger partial charge in [-0.2, -0.15) is 0 Å². The van der Waals surface area contributed by atoms with Crippen molar-refractivity contribution in [3.8, 4) is 0 Å². The summed E-state index contributed by atoms with van der Waals surface area (Å²) in [4.78, 5) is 11.6. The molecule has 1 saturated carbocycles. The highest BCUT2D eigenvalue weighted by Gasteiger charge is 2.30. The van der Waals surface area contributed by atoms with Crippen LogP contribution in [0.25, 0.3) is 0 Å². The number of H-pyrrole nitrogens is 1. The van der Waals surface area contributed by atoms with Crippen molar-refractivity contribution in [3.05, 3.63) is 22.1 Å². The van der Waals surface area contributed by atoms with Crippen LogP contribution < -0.4 is 5.56 Å². The first-order chi connectivity index (χ1) is 6.59. The van der Waals surface area contributed by atoms with Crippen molar-refractivity contribution in [1.82, 2.24) is 9.78 Å². The molecule has 2 rings (SSSR count). The molecule has 14 heavy (non-hydrogen) atoms. The number of hydrogen-bond acceptors (Lipinski definition) is 1. The van der Waals surface area contributed by atoms with Gasteiger partial charge in [-0.1, -0.05) is 13.8 Å². The van der Waals surface area contributed by atoms with E-state index in [1.165, 1.54) is 12.8 Å². The summed E-state index contributed by atoms with van der Waals surface area (Å²) in [6.07, 6.45) is 2.53. The summed E-state index contributed by atoms with van der Waals surface area (Å²) < 4.78 is 1.78. The van der Waals surface area contributed by atoms with Gasteiger partial charge in [0.05, 0.1) is 6.04 Å². The van der Waals surface area contributed by atoms with E-state index in [2.05, 4.69) is 25.9 Å². The Bertz CT molecular complexity index is 371. The molecule has 1 N–H and O–H groups in total. The summed E-state index contributed by atoms with van der Waals surface area (Å²) >= 11 is 0. The van der Waals surface area contributed by atoms with Crippen molar-refractivity contribution in [1.29, 1.82) is 0 Å². The third kappa shape index (κ3) is 1.63. The highest BCUT2D eigenvalue weighted by atomic mass is 16.1. The van der Waals surface area contributed by atoms with E-state index < -0.39 is 0 Å². The molecule has 0 radical (unpaired) electrons. The molecular weight excluding hydrogens is 176 g/mol. The summed E-state index contributed by atoms with van der Waals surface area (Å²) in [6.45, 7) is 6.31. The zero-order valence-electron chi connectivity index (χ0n) is 9.08. The lowest BCUT2D eigenvalue weighted by Crippen LogP contribution is -2.21. The molecule has 78 valence electrons. The molecule has 0 aromatic carbocycles. The van der Waals surface area contributed by atoms with Gasteiger partial charge in [0.15, 0.2) is 0 Å². The fraction of sp³-hybridized carbons (Fsp3) is 0.727. The minimum atomic E-state index is 0.119. The fourth-order valence-electron chi connectivity index (χ4n) is 1.82. The van der Waals surface area contributed by atoms with Crippen LogP contribution in [-0.4, -0.2) is 9.78 Å². The average molecular weight is 194 g/mol. The molecule has 1 aromatic heterocycles. The Morgan fingerprint density at radius 3 is 2.50 bits per heavy atom. The summed E-state index contributed by atoms with van der Waals surface area (Å²) in [7, 11) is 0. The number of hydrogen-bond donors (Lipinski definition) is 1. The quantitative estimate of drug-likeness (QED) is 0.787. The number of aromatic nitrogens is 2. The molecule has 1 aliphatic rings. The zero-order chi connectivity index (χ0) is 10.3. The highest BCUT2D eigenvalue weighted by Crippen LogP contribution is 2.38. The Labute approximate surface area is 84.1 Å². The smallest absolute Gasteiger partial charge is 0.266 e.